The molecule has 0 aliphatic heterocycles. The van der Waals surface area contributed by atoms with E-state index in [1.165, 1.54) is 26.0 Å². The molecule has 0 unspecified atom stereocenters. The van der Waals surface area contributed by atoms with Crippen molar-refractivity contribution in [3.63, 3.8) is 0 Å². The summed E-state index contributed by atoms with van der Waals surface area (Å²) < 4.78 is 62.6. The van der Waals surface area contributed by atoms with E-state index in [-0.39, 0.29) is 4.90 Å². The summed E-state index contributed by atoms with van der Waals surface area (Å²) in [6.07, 6.45) is -4.57. The molecule has 3 nitrogen and oxygen atoms in total. The summed E-state index contributed by atoms with van der Waals surface area (Å²) in [5.74, 6) is 0. The Morgan fingerprint density at radius 1 is 1.21 bits per heavy atom. The summed E-state index contributed by atoms with van der Waals surface area (Å²) >= 11 is 0. The molecule has 0 radical (unpaired) electrons. The average Bonchev–Trinajstić information content (AvgIpc) is 2.24. The van der Waals surface area contributed by atoms with Gasteiger partial charge in [-0.3, -0.25) is 0 Å². The van der Waals surface area contributed by atoms with Crippen LogP contribution in [0.25, 0.3) is 0 Å². The van der Waals surface area contributed by atoms with Crippen LogP contribution in [-0.4, -0.2) is 31.5 Å². The topological polar surface area (TPSA) is 37.4 Å². The van der Waals surface area contributed by atoms with E-state index >= 15 is 0 Å². The number of benzene rings is 1. The minimum Gasteiger partial charge on any atom is -0.207 e. The SMILES string of the molecule is Cc1ccccc1S(=O)(=O)N(CC(F)(F)F)C(C)C. The van der Waals surface area contributed by atoms with E-state index in [0.29, 0.717) is 9.87 Å². The van der Waals surface area contributed by atoms with Gasteiger partial charge in [-0.1, -0.05) is 18.2 Å². The quantitative estimate of drug-likeness (QED) is 0.856. The lowest BCUT2D eigenvalue weighted by molar-refractivity contribution is -0.138. The molecule has 1 aromatic carbocycles. The molecule has 0 N–H and O–H groups in total. The standard InChI is InChI=1S/C12H16F3NO2S/c1-9(2)16(8-12(13,14)15)19(17,18)11-7-5-4-6-10(11)3/h4-7,9H,8H2,1-3H3. The molecule has 0 amide bonds. The number of alkyl halides is 3. The second-order valence-electron chi connectivity index (χ2n) is 4.52. The lowest BCUT2D eigenvalue weighted by atomic mass is 10.2. The van der Waals surface area contributed by atoms with Crippen LogP contribution < -0.4 is 0 Å². The van der Waals surface area contributed by atoms with Crippen LogP contribution in [0.3, 0.4) is 0 Å². The third kappa shape index (κ3) is 3.94. The molecule has 1 aromatic rings. The number of rotatable bonds is 4. The van der Waals surface area contributed by atoms with Crippen molar-refractivity contribution in [2.75, 3.05) is 6.54 Å². The molecular weight excluding hydrogens is 279 g/mol. The molecule has 0 bridgehead atoms. The Bertz CT molecular complexity index is 538. The molecule has 7 heteroatoms. The van der Waals surface area contributed by atoms with Crippen LogP contribution in [0.2, 0.25) is 0 Å². The molecule has 0 aliphatic carbocycles. The maximum absolute atomic E-state index is 12.5. The Balaban J connectivity index is 3.26. The van der Waals surface area contributed by atoms with Crippen LogP contribution in [0.15, 0.2) is 29.2 Å². The molecule has 0 saturated heterocycles. The van der Waals surface area contributed by atoms with Crippen molar-refractivity contribution in [2.45, 2.75) is 37.9 Å². The van der Waals surface area contributed by atoms with E-state index in [0.717, 1.165) is 0 Å². The Kier molecular flexibility index (Phi) is 4.63. The van der Waals surface area contributed by atoms with Gasteiger partial charge in [0.25, 0.3) is 0 Å². The summed E-state index contributed by atoms with van der Waals surface area (Å²) in [7, 11) is -4.15. The van der Waals surface area contributed by atoms with Crippen molar-refractivity contribution in [1.29, 1.82) is 0 Å². The molecule has 0 atom stereocenters. The first kappa shape index (κ1) is 16.0. The molecule has 1 rings (SSSR count). The number of hydrogen-bond donors (Lipinski definition) is 0. The monoisotopic (exact) mass is 295 g/mol. The van der Waals surface area contributed by atoms with E-state index in [9.17, 15) is 21.6 Å². The van der Waals surface area contributed by atoms with Gasteiger partial charge in [0.05, 0.1) is 4.90 Å². The van der Waals surface area contributed by atoms with Crippen LogP contribution in [0, 0.1) is 6.92 Å². The van der Waals surface area contributed by atoms with E-state index < -0.39 is 28.8 Å². The summed E-state index contributed by atoms with van der Waals surface area (Å²) in [6, 6.07) is 5.23. The molecule has 0 spiro atoms. The zero-order valence-corrected chi connectivity index (χ0v) is 11.7. The molecule has 0 fully saturated rings. The Labute approximate surface area is 111 Å². The van der Waals surface area contributed by atoms with Crippen LogP contribution in [0.5, 0.6) is 0 Å². The van der Waals surface area contributed by atoms with Crippen molar-refractivity contribution in [3.05, 3.63) is 29.8 Å². The van der Waals surface area contributed by atoms with Gasteiger partial charge in [-0.05, 0) is 32.4 Å². The first-order valence-corrected chi connectivity index (χ1v) is 7.14. The summed E-state index contributed by atoms with van der Waals surface area (Å²) in [6.45, 7) is 2.91. The second-order valence-corrected chi connectivity index (χ2v) is 6.38. The van der Waals surface area contributed by atoms with Gasteiger partial charge in [-0.15, -0.1) is 0 Å². The first-order chi connectivity index (χ1) is 8.55. The lowest BCUT2D eigenvalue weighted by Crippen LogP contribution is -2.43. The fourth-order valence-corrected chi connectivity index (χ4v) is 3.54. The van der Waals surface area contributed by atoms with E-state index in [2.05, 4.69) is 0 Å². The van der Waals surface area contributed by atoms with Crippen LogP contribution in [0.1, 0.15) is 19.4 Å². The van der Waals surface area contributed by atoms with E-state index in [1.807, 2.05) is 0 Å². The van der Waals surface area contributed by atoms with Crippen molar-refractivity contribution in [1.82, 2.24) is 4.31 Å². The van der Waals surface area contributed by atoms with Gasteiger partial charge in [0.1, 0.15) is 6.54 Å². The minimum absolute atomic E-state index is 0.0899. The van der Waals surface area contributed by atoms with Gasteiger partial charge in [0, 0.05) is 6.04 Å². The van der Waals surface area contributed by atoms with Crippen molar-refractivity contribution in [3.8, 4) is 0 Å². The van der Waals surface area contributed by atoms with Gasteiger partial charge in [0.15, 0.2) is 0 Å². The van der Waals surface area contributed by atoms with Gasteiger partial charge in [-0.2, -0.15) is 17.5 Å². The van der Waals surface area contributed by atoms with E-state index in [1.54, 1.807) is 19.1 Å². The third-order valence-corrected chi connectivity index (χ3v) is 4.77. The van der Waals surface area contributed by atoms with Crippen LogP contribution in [-0.2, 0) is 10.0 Å². The molecular formula is C12H16F3NO2S. The number of aryl methyl sites for hydroxylation is 1. The number of sulfonamides is 1. The summed E-state index contributed by atoms with van der Waals surface area (Å²) in [5, 5.41) is 0. The molecule has 108 valence electrons. The van der Waals surface area contributed by atoms with Crippen LogP contribution in [0.4, 0.5) is 13.2 Å². The maximum Gasteiger partial charge on any atom is 0.402 e. The maximum atomic E-state index is 12.5. The van der Waals surface area contributed by atoms with Gasteiger partial charge < -0.3 is 0 Å². The highest BCUT2D eigenvalue weighted by atomic mass is 32.2. The summed E-state index contributed by atoms with van der Waals surface area (Å²) in [5.41, 5.74) is 0.426. The Hall–Kier alpha value is -1.08. The fraction of sp³-hybridized carbons (Fsp3) is 0.500. The molecule has 19 heavy (non-hydrogen) atoms. The highest BCUT2D eigenvalue weighted by molar-refractivity contribution is 7.89. The van der Waals surface area contributed by atoms with Crippen molar-refractivity contribution < 1.29 is 21.6 Å². The first-order valence-electron chi connectivity index (χ1n) is 5.70. The molecule has 0 aromatic heterocycles. The zero-order chi connectivity index (χ0) is 14.8. The van der Waals surface area contributed by atoms with Gasteiger partial charge >= 0.3 is 6.18 Å². The smallest absolute Gasteiger partial charge is 0.207 e. The Morgan fingerprint density at radius 3 is 2.16 bits per heavy atom. The molecule has 0 aliphatic rings. The third-order valence-electron chi connectivity index (χ3n) is 2.59. The predicted octanol–water partition coefficient (Wildman–Crippen LogP) is 2.96. The lowest BCUT2D eigenvalue weighted by Gasteiger charge is -2.27. The predicted molar refractivity (Wildman–Crippen MR) is 66.3 cm³/mol. The molecule has 0 saturated carbocycles. The zero-order valence-electron chi connectivity index (χ0n) is 10.9. The number of halogens is 3. The van der Waals surface area contributed by atoms with Gasteiger partial charge in [0.2, 0.25) is 10.0 Å². The largest absolute Gasteiger partial charge is 0.402 e. The highest BCUT2D eigenvalue weighted by Gasteiger charge is 2.38. The van der Waals surface area contributed by atoms with Crippen molar-refractivity contribution in [2.24, 2.45) is 0 Å². The fourth-order valence-electron chi connectivity index (χ4n) is 1.69. The van der Waals surface area contributed by atoms with Gasteiger partial charge in [-0.25, -0.2) is 8.42 Å². The Morgan fingerprint density at radius 2 is 1.74 bits per heavy atom. The minimum atomic E-state index is -4.57. The normalized spacial score (nSPS) is 13.3. The van der Waals surface area contributed by atoms with E-state index in [4.69, 9.17) is 0 Å². The number of nitrogens with zero attached hydrogens (tertiary/aromatic N) is 1. The summed E-state index contributed by atoms with van der Waals surface area (Å²) in [4.78, 5) is -0.0899. The molecule has 0 heterocycles. The number of hydrogen-bond acceptors (Lipinski definition) is 2. The van der Waals surface area contributed by atoms with Crippen LogP contribution >= 0.6 is 0 Å². The highest BCUT2D eigenvalue weighted by Crippen LogP contribution is 2.26. The van der Waals surface area contributed by atoms with Crippen molar-refractivity contribution >= 4 is 10.0 Å². The average molecular weight is 295 g/mol. The second kappa shape index (κ2) is 5.50.